The lowest BCUT2D eigenvalue weighted by molar-refractivity contribution is 0.374. The van der Waals surface area contributed by atoms with Crippen LogP contribution in [0.5, 0.6) is 5.75 Å². The van der Waals surface area contributed by atoms with Crippen LogP contribution in [0.25, 0.3) is 10.9 Å². The summed E-state index contributed by atoms with van der Waals surface area (Å²) in [6.45, 7) is 0.620. The van der Waals surface area contributed by atoms with Crippen LogP contribution in [0.4, 0.5) is 0 Å². The molecule has 1 aromatic heterocycles. The van der Waals surface area contributed by atoms with Gasteiger partial charge in [-0.05, 0) is 50.5 Å². The van der Waals surface area contributed by atoms with Crippen LogP contribution in [0.3, 0.4) is 0 Å². The molecule has 2 aromatic carbocycles. The molecule has 0 amide bonds. The fourth-order valence-electron chi connectivity index (χ4n) is 2.95. The van der Waals surface area contributed by atoms with E-state index in [2.05, 4.69) is 0 Å². The van der Waals surface area contributed by atoms with Gasteiger partial charge in [-0.25, -0.2) is 12.4 Å². The zero-order chi connectivity index (χ0) is 18.9. The van der Waals surface area contributed by atoms with E-state index in [9.17, 15) is 8.42 Å². The van der Waals surface area contributed by atoms with E-state index in [-0.39, 0.29) is 4.90 Å². The molecule has 26 heavy (non-hydrogen) atoms. The van der Waals surface area contributed by atoms with Crippen molar-refractivity contribution in [1.29, 1.82) is 5.26 Å². The summed E-state index contributed by atoms with van der Waals surface area (Å²) in [4.78, 5) is 2.08. The first-order valence-corrected chi connectivity index (χ1v) is 9.40. The maximum atomic E-state index is 13.1. The van der Waals surface area contributed by atoms with Gasteiger partial charge in [0.1, 0.15) is 5.75 Å². The molecule has 0 fully saturated rings. The minimum Gasteiger partial charge on any atom is -0.496 e. The molecule has 0 aliphatic rings. The Labute approximate surface area is 152 Å². The second-order valence-electron chi connectivity index (χ2n) is 6.17. The molecule has 0 spiro atoms. The summed E-state index contributed by atoms with van der Waals surface area (Å²) in [5.41, 5.74) is 1.80. The molecule has 0 saturated carbocycles. The van der Waals surface area contributed by atoms with Gasteiger partial charge in [-0.2, -0.15) is 5.26 Å². The Morgan fingerprint density at radius 3 is 2.62 bits per heavy atom. The Hall–Kier alpha value is -2.82. The summed E-state index contributed by atoms with van der Waals surface area (Å²) in [7, 11) is 1.68. The first-order chi connectivity index (χ1) is 12.4. The standard InChI is InChI=1S/C19H19N3O3S/c1-21(2)13-17-16-9-10-22(18(16)7-8-19(17)25-3)26(23,24)15-6-4-5-14(11-15)12-20/h4-11H,13H2,1-3H3. The number of nitrogens with zero attached hydrogens (tertiary/aromatic N) is 3. The predicted molar refractivity (Wildman–Crippen MR) is 99.6 cm³/mol. The quantitative estimate of drug-likeness (QED) is 0.691. The number of hydrogen-bond acceptors (Lipinski definition) is 5. The largest absolute Gasteiger partial charge is 0.496 e. The van der Waals surface area contributed by atoms with Crippen molar-refractivity contribution >= 4 is 20.9 Å². The van der Waals surface area contributed by atoms with Crippen molar-refractivity contribution in [2.45, 2.75) is 11.4 Å². The van der Waals surface area contributed by atoms with Crippen LogP contribution >= 0.6 is 0 Å². The smallest absolute Gasteiger partial charge is 0.268 e. The molecule has 3 rings (SSSR count). The lowest BCUT2D eigenvalue weighted by Gasteiger charge is -2.15. The normalized spacial score (nSPS) is 11.7. The molecule has 1 heterocycles. The van der Waals surface area contributed by atoms with Crippen LogP contribution in [0, 0.1) is 11.3 Å². The zero-order valence-electron chi connectivity index (χ0n) is 14.8. The molecule has 0 unspecified atom stereocenters. The predicted octanol–water partition coefficient (Wildman–Crippen LogP) is 2.82. The molecule has 0 radical (unpaired) electrons. The van der Waals surface area contributed by atoms with Gasteiger partial charge >= 0.3 is 0 Å². The molecule has 6 nitrogen and oxygen atoms in total. The van der Waals surface area contributed by atoms with Crippen LogP contribution in [0.2, 0.25) is 0 Å². The highest BCUT2D eigenvalue weighted by Crippen LogP contribution is 2.31. The topological polar surface area (TPSA) is 75.3 Å². The lowest BCUT2D eigenvalue weighted by atomic mass is 10.1. The summed E-state index contributed by atoms with van der Waals surface area (Å²) in [5, 5.41) is 9.86. The Morgan fingerprint density at radius 1 is 1.19 bits per heavy atom. The van der Waals surface area contributed by atoms with E-state index >= 15 is 0 Å². The Bertz CT molecular complexity index is 1110. The molecule has 3 aromatic rings. The molecular formula is C19H19N3O3S. The molecule has 0 saturated heterocycles. The number of rotatable bonds is 5. The van der Waals surface area contributed by atoms with E-state index in [1.165, 1.54) is 22.3 Å². The van der Waals surface area contributed by atoms with Crippen molar-refractivity contribution in [3.8, 4) is 11.8 Å². The summed E-state index contributed by atoms with van der Waals surface area (Å²) >= 11 is 0. The maximum Gasteiger partial charge on any atom is 0.268 e. The monoisotopic (exact) mass is 369 g/mol. The molecule has 0 bridgehead atoms. The van der Waals surface area contributed by atoms with Gasteiger partial charge in [0.05, 0.1) is 29.2 Å². The number of methoxy groups -OCH3 is 1. The minimum absolute atomic E-state index is 0.0824. The molecule has 0 aliphatic heterocycles. The molecule has 7 heteroatoms. The fraction of sp³-hybridized carbons (Fsp3) is 0.211. The van der Waals surface area contributed by atoms with Gasteiger partial charge in [-0.3, -0.25) is 0 Å². The van der Waals surface area contributed by atoms with E-state index in [1.54, 1.807) is 37.4 Å². The Balaban J connectivity index is 2.22. The van der Waals surface area contributed by atoms with Crippen molar-refractivity contribution in [2.24, 2.45) is 0 Å². The highest BCUT2D eigenvalue weighted by molar-refractivity contribution is 7.90. The van der Waals surface area contributed by atoms with Crippen LogP contribution in [-0.4, -0.2) is 38.5 Å². The highest BCUT2D eigenvalue weighted by atomic mass is 32.2. The molecule has 134 valence electrons. The second-order valence-corrected chi connectivity index (χ2v) is 7.99. The van der Waals surface area contributed by atoms with Gasteiger partial charge < -0.3 is 9.64 Å². The van der Waals surface area contributed by atoms with Crippen molar-refractivity contribution in [3.05, 3.63) is 59.8 Å². The summed E-state index contributed by atoms with van der Waals surface area (Å²) in [5.74, 6) is 0.716. The number of ether oxygens (including phenoxy) is 1. The van der Waals surface area contributed by atoms with E-state index in [4.69, 9.17) is 10.00 Å². The van der Waals surface area contributed by atoms with Crippen LogP contribution in [0.15, 0.2) is 53.6 Å². The minimum atomic E-state index is -3.81. The molecule has 0 aliphatic carbocycles. The Morgan fingerprint density at radius 2 is 1.96 bits per heavy atom. The Kier molecular flexibility index (Phi) is 4.72. The summed E-state index contributed by atoms with van der Waals surface area (Å²) < 4.78 is 32.8. The number of benzene rings is 2. The fourth-order valence-corrected chi connectivity index (χ4v) is 4.35. The average molecular weight is 369 g/mol. The maximum absolute atomic E-state index is 13.1. The van der Waals surface area contributed by atoms with E-state index in [0.717, 1.165) is 10.9 Å². The SMILES string of the molecule is COc1ccc2c(ccn2S(=O)(=O)c2cccc(C#N)c2)c1CN(C)C. The van der Waals surface area contributed by atoms with Crippen LogP contribution in [0.1, 0.15) is 11.1 Å². The van der Waals surface area contributed by atoms with Gasteiger partial charge in [-0.15, -0.1) is 0 Å². The lowest BCUT2D eigenvalue weighted by Crippen LogP contribution is -2.13. The summed E-state index contributed by atoms with van der Waals surface area (Å²) in [6.07, 6.45) is 1.54. The third kappa shape index (κ3) is 3.05. The second kappa shape index (κ2) is 6.83. The van der Waals surface area contributed by atoms with Gasteiger partial charge in [0.15, 0.2) is 0 Å². The van der Waals surface area contributed by atoms with E-state index < -0.39 is 10.0 Å². The number of aromatic nitrogens is 1. The first kappa shape index (κ1) is 18.0. The van der Waals surface area contributed by atoms with Crippen molar-refractivity contribution in [1.82, 2.24) is 8.87 Å². The third-order valence-electron chi connectivity index (χ3n) is 4.12. The zero-order valence-corrected chi connectivity index (χ0v) is 15.6. The van der Waals surface area contributed by atoms with E-state index in [1.807, 2.05) is 25.1 Å². The highest BCUT2D eigenvalue weighted by Gasteiger charge is 2.21. The molecule has 0 N–H and O–H groups in total. The average Bonchev–Trinajstić information content (AvgIpc) is 3.07. The number of nitriles is 1. The third-order valence-corrected chi connectivity index (χ3v) is 5.81. The van der Waals surface area contributed by atoms with Crippen molar-refractivity contribution < 1.29 is 13.2 Å². The van der Waals surface area contributed by atoms with Crippen molar-refractivity contribution in [2.75, 3.05) is 21.2 Å². The first-order valence-electron chi connectivity index (χ1n) is 7.96. The van der Waals surface area contributed by atoms with Gasteiger partial charge in [0.25, 0.3) is 10.0 Å². The van der Waals surface area contributed by atoms with Crippen LogP contribution < -0.4 is 4.74 Å². The molecular weight excluding hydrogens is 350 g/mol. The van der Waals surface area contributed by atoms with E-state index in [0.29, 0.717) is 23.4 Å². The number of fused-ring (bicyclic) bond motifs is 1. The van der Waals surface area contributed by atoms with Gasteiger partial charge in [0, 0.05) is 23.7 Å². The van der Waals surface area contributed by atoms with Gasteiger partial charge in [0.2, 0.25) is 0 Å². The molecule has 0 atom stereocenters. The van der Waals surface area contributed by atoms with Crippen LogP contribution in [-0.2, 0) is 16.6 Å². The summed E-state index contributed by atoms with van der Waals surface area (Å²) in [6, 6.07) is 13.3. The van der Waals surface area contributed by atoms with Gasteiger partial charge in [-0.1, -0.05) is 6.07 Å². The van der Waals surface area contributed by atoms with Crippen molar-refractivity contribution in [3.63, 3.8) is 0 Å². The number of hydrogen-bond donors (Lipinski definition) is 0.